The number of aromatic nitrogens is 1. The van der Waals surface area contributed by atoms with Gasteiger partial charge in [0.15, 0.2) is 5.82 Å². The van der Waals surface area contributed by atoms with Gasteiger partial charge < -0.3 is 14.5 Å². The van der Waals surface area contributed by atoms with E-state index in [-0.39, 0.29) is 17.4 Å². The van der Waals surface area contributed by atoms with Gasteiger partial charge in [-0.3, -0.25) is 9.59 Å². The van der Waals surface area contributed by atoms with Gasteiger partial charge in [-0.2, -0.15) is 0 Å². The number of halogens is 1. The molecule has 2 fully saturated rings. The molecule has 3 heterocycles. The molecule has 0 bridgehead atoms. The molecule has 0 saturated carbocycles. The molecule has 0 N–H and O–H groups in total. The normalized spacial score (nSPS) is 23.4. The van der Waals surface area contributed by atoms with Gasteiger partial charge in [0.2, 0.25) is 11.8 Å². The van der Waals surface area contributed by atoms with Crippen LogP contribution in [0.4, 0.5) is 4.39 Å². The highest BCUT2D eigenvalue weighted by Crippen LogP contribution is 2.41. The minimum atomic E-state index is -0.674. The Balaban J connectivity index is 1.76. The molecule has 1 unspecified atom stereocenters. The summed E-state index contributed by atoms with van der Waals surface area (Å²) in [7, 11) is 1.42. The van der Waals surface area contributed by atoms with Gasteiger partial charge in [-0.05, 0) is 19.3 Å². The lowest BCUT2D eigenvalue weighted by atomic mass is 9.85. The number of hydrogen-bond donors (Lipinski definition) is 0. The van der Waals surface area contributed by atoms with E-state index in [1.54, 1.807) is 4.90 Å². The van der Waals surface area contributed by atoms with Crippen molar-refractivity contribution in [2.75, 3.05) is 33.3 Å². The summed E-state index contributed by atoms with van der Waals surface area (Å²) in [6.07, 6.45) is 3.31. The van der Waals surface area contributed by atoms with Crippen LogP contribution in [0.2, 0.25) is 0 Å². The Morgan fingerprint density at radius 1 is 1.42 bits per heavy atom. The second-order valence-electron chi connectivity index (χ2n) is 6.51. The van der Waals surface area contributed by atoms with E-state index in [0.29, 0.717) is 19.5 Å². The summed E-state index contributed by atoms with van der Waals surface area (Å²) >= 11 is 0. The maximum absolute atomic E-state index is 14.0. The Morgan fingerprint density at radius 2 is 2.17 bits per heavy atom. The van der Waals surface area contributed by atoms with Crippen molar-refractivity contribution in [3.8, 4) is 5.88 Å². The molecule has 2 saturated heterocycles. The summed E-state index contributed by atoms with van der Waals surface area (Å²) in [5, 5.41) is 0. The third-order valence-corrected chi connectivity index (χ3v) is 5.01. The van der Waals surface area contributed by atoms with Crippen molar-refractivity contribution < 1.29 is 18.7 Å². The topological polar surface area (TPSA) is 62.7 Å². The monoisotopic (exact) mass is 335 g/mol. The third kappa shape index (κ3) is 2.72. The van der Waals surface area contributed by atoms with Gasteiger partial charge in [-0.1, -0.05) is 6.92 Å². The van der Waals surface area contributed by atoms with E-state index in [1.165, 1.54) is 13.2 Å². The molecule has 1 aromatic rings. The van der Waals surface area contributed by atoms with Crippen molar-refractivity contribution in [2.24, 2.45) is 5.41 Å². The summed E-state index contributed by atoms with van der Waals surface area (Å²) in [6, 6.07) is 1.31. The maximum Gasteiger partial charge on any atom is 0.257 e. The van der Waals surface area contributed by atoms with Crippen LogP contribution >= 0.6 is 0 Å². The highest BCUT2D eigenvalue weighted by Gasteiger charge is 2.51. The van der Waals surface area contributed by atoms with Gasteiger partial charge in [0.25, 0.3) is 5.91 Å². The molecule has 0 aromatic carbocycles. The molecule has 7 heteroatoms. The largest absolute Gasteiger partial charge is 0.481 e. The minimum Gasteiger partial charge on any atom is -0.481 e. The molecule has 2 amide bonds. The minimum absolute atomic E-state index is 0.0604. The van der Waals surface area contributed by atoms with Gasteiger partial charge in [-0.15, -0.1) is 0 Å². The Bertz CT molecular complexity index is 666. The summed E-state index contributed by atoms with van der Waals surface area (Å²) in [5.41, 5.74) is -0.548. The Labute approximate surface area is 140 Å². The number of rotatable bonds is 4. The SMILES string of the molecule is CCCN1CCC2(CCN(C(=O)c3cc(OC)ncc3F)C2)C1=O. The van der Waals surface area contributed by atoms with Gasteiger partial charge in [-0.25, -0.2) is 9.37 Å². The average Bonchev–Trinajstić information content (AvgIpc) is 3.15. The van der Waals surface area contributed by atoms with Crippen LogP contribution in [-0.2, 0) is 4.79 Å². The fourth-order valence-corrected chi connectivity index (χ4v) is 3.67. The number of nitrogens with zero attached hydrogens (tertiary/aromatic N) is 3. The van der Waals surface area contributed by atoms with Gasteiger partial charge in [0.1, 0.15) is 0 Å². The smallest absolute Gasteiger partial charge is 0.257 e. The van der Waals surface area contributed by atoms with Crippen LogP contribution in [0.15, 0.2) is 12.3 Å². The number of likely N-dealkylation sites (tertiary alicyclic amines) is 2. The van der Waals surface area contributed by atoms with E-state index in [0.717, 1.165) is 32.1 Å². The van der Waals surface area contributed by atoms with E-state index < -0.39 is 17.1 Å². The highest BCUT2D eigenvalue weighted by atomic mass is 19.1. The van der Waals surface area contributed by atoms with E-state index in [9.17, 15) is 14.0 Å². The second-order valence-corrected chi connectivity index (χ2v) is 6.51. The molecule has 2 aliphatic rings. The third-order valence-electron chi connectivity index (χ3n) is 5.01. The number of carbonyl (C=O) groups is 2. The lowest BCUT2D eigenvalue weighted by Gasteiger charge is -2.23. The van der Waals surface area contributed by atoms with Crippen LogP contribution in [0.1, 0.15) is 36.5 Å². The zero-order chi connectivity index (χ0) is 17.3. The first kappa shape index (κ1) is 16.7. The number of carbonyl (C=O) groups excluding carboxylic acids is 2. The van der Waals surface area contributed by atoms with E-state index >= 15 is 0 Å². The Morgan fingerprint density at radius 3 is 2.88 bits per heavy atom. The second kappa shape index (κ2) is 6.37. The molecule has 1 atom stereocenters. The number of ether oxygens (including phenoxy) is 1. The van der Waals surface area contributed by atoms with Crippen molar-refractivity contribution in [2.45, 2.75) is 26.2 Å². The molecule has 130 valence electrons. The lowest BCUT2D eigenvalue weighted by Crippen LogP contribution is -2.38. The molecule has 1 aromatic heterocycles. The van der Waals surface area contributed by atoms with Crippen LogP contribution in [0.25, 0.3) is 0 Å². The number of hydrogen-bond acceptors (Lipinski definition) is 4. The summed E-state index contributed by atoms with van der Waals surface area (Å²) < 4.78 is 18.9. The van der Waals surface area contributed by atoms with Crippen LogP contribution < -0.4 is 4.74 Å². The Hall–Kier alpha value is -2.18. The molecule has 0 aliphatic carbocycles. The zero-order valence-electron chi connectivity index (χ0n) is 14.0. The average molecular weight is 335 g/mol. The molecule has 2 aliphatic heterocycles. The van der Waals surface area contributed by atoms with Crippen molar-refractivity contribution in [1.29, 1.82) is 0 Å². The first-order valence-corrected chi connectivity index (χ1v) is 8.29. The maximum atomic E-state index is 14.0. The van der Waals surface area contributed by atoms with Gasteiger partial charge >= 0.3 is 0 Å². The summed E-state index contributed by atoms with van der Waals surface area (Å²) in [6.45, 7) is 4.36. The molecular weight excluding hydrogens is 313 g/mol. The van der Waals surface area contributed by atoms with Crippen molar-refractivity contribution in [3.63, 3.8) is 0 Å². The first-order chi connectivity index (χ1) is 11.5. The predicted molar refractivity (Wildman–Crippen MR) is 85.2 cm³/mol. The standard InChI is InChI=1S/C17H22FN3O3/c1-3-6-20-7-4-17(16(20)23)5-8-21(11-17)15(22)12-9-14(24-2)19-10-13(12)18/h9-10H,3-8,11H2,1-2H3. The van der Waals surface area contributed by atoms with E-state index in [4.69, 9.17) is 4.74 Å². The molecule has 24 heavy (non-hydrogen) atoms. The molecule has 6 nitrogen and oxygen atoms in total. The molecule has 0 radical (unpaired) electrons. The fourth-order valence-electron chi connectivity index (χ4n) is 3.67. The zero-order valence-corrected chi connectivity index (χ0v) is 14.0. The van der Waals surface area contributed by atoms with Crippen molar-refractivity contribution in [1.82, 2.24) is 14.8 Å². The fraction of sp³-hybridized carbons (Fsp3) is 0.588. The number of pyridine rings is 1. The van der Waals surface area contributed by atoms with Crippen molar-refractivity contribution in [3.05, 3.63) is 23.6 Å². The van der Waals surface area contributed by atoms with Crippen LogP contribution in [0.3, 0.4) is 0 Å². The van der Waals surface area contributed by atoms with Gasteiger partial charge in [0.05, 0.1) is 24.3 Å². The predicted octanol–water partition coefficient (Wildman–Crippen LogP) is 1.70. The summed E-state index contributed by atoms with van der Waals surface area (Å²) in [4.78, 5) is 32.5. The highest BCUT2D eigenvalue weighted by molar-refractivity contribution is 5.96. The molecule has 1 spiro atoms. The van der Waals surface area contributed by atoms with Crippen molar-refractivity contribution >= 4 is 11.8 Å². The lowest BCUT2D eigenvalue weighted by molar-refractivity contribution is -0.135. The molecular formula is C17H22FN3O3. The quantitative estimate of drug-likeness (QED) is 0.840. The van der Waals surface area contributed by atoms with Crippen LogP contribution in [0, 0.1) is 11.2 Å². The van der Waals surface area contributed by atoms with Gasteiger partial charge in [0, 0.05) is 32.2 Å². The van der Waals surface area contributed by atoms with E-state index in [2.05, 4.69) is 4.98 Å². The Kier molecular flexibility index (Phi) is 4.43. The molecule has 3 rings (SSSR count). The van der Waals surface area contributed by atoms with E-state index in [1.807, 2.05) is 11.8 Å². The number of methoxy groups -OCH3 is 1. The first-order valence-electron chi connectivity index (χ1n) is 8.29. The van der Waals surface area contributed by atoms with Crippen LogP contribution in [0.5, 0.6) is 5.88 Å². The summed E-state index contributed by atoms with van der Waals surface area (Å²) in [5.74, 6) is -0.758. The number of amides is 2. The van der Waals surface area contributed by atoms with Crippen LogP contribution in [-0.4, -0.2) is 59.9 Å².